The van der Waals surface area contributed by atoms with Crippen molar-refractivity contribution < 1.29 is 9.47 Å². The normalized spacial score (nSPS) is 28.9. The molecular weight excluding hydrogens is 254 g/mol. The van der Waals surface area contributed by atoms with Crippen molar-refractivity contribution in [2.45, 2.75) is 58.2 Å². The van der Waals surface area contributed by atoms with Gasteiger partial charge < -0.3 is 19.3 Å². The summed E-state index contributed by atoms with van der Waals surface area (Å²) in [6, 6.07) is 0.356. The largest absolute Gasteiger partial charge is 0.380 e. The zero-order valence-electron chi connectivity index (χ0n) is 13.2. The molecule has 0 aromatic heterocycles. The quantitative estimate of drug-likeness (QED) is 0.698. The summed E-state index contributed by atoms with van der Waals surface area (Å²) >= 11 is 0. The highest BCUT2D eigenvalue weighted by atomic mass is 16.6. The molecule has 2 bridgehead atoms. The minimum absolute atomic E-state index is 0.176. The van der Waals surface area contributed by atoms with Crippen LogP contribution in [0, 0.1) is 0 Å². The summed E-state index contributed by atoms with van der Waals surface area (Å²) < 4.78 is 11.3. The Kier molecular flexibility index (Phi) is 5.05. The van der Waals surface area contributed by atoms with E-state index < -0.39 is 0 Å². The smallest absolute Gasteiger partial charge is 0.136 e. The lowest BCUT2D eigenvalue weighted by Gasteiger charge is -2.43. The summed E-state index contributed by atoms with van der Waals surface area (Å²) in [5.74, 6) is 0. The predicted molar refractivity (Wildman–Crippen MR) is 80.5 cm³/mol. The van der Waals surface area contributed by atoms with Gasteiger partial charge in [-0.05, 0) is 20.3 Å². The molecule has 1 fully saturated rings. The fourth-order valence-electron chi connectivity index (χ4n) is 2.29. The Bertz CT molecular complexity index is 377. The van der Waals surface area contributed by atoms with Crippen molar-refractivity contribution in [2.75, 3.05) is 20.7 Å². The maximum atomic E-state index is 5.92. The number of allylic oxidation sites excluding steroid dienone is 1. The van der Waals surface area contributed by atoms with Crippen LogP contribution in [0.15, 0.2) is 16.9 Å². The standard InChI is InChI=1S/C15H27N3O2/c1-6-11(2)16-8-13-10-18(9-12(3)19-5)15-7-14(20-15)17(13)4/h8,10-12,14-15H,6-7,9H2,1-5H3. The molecule has 3 aliphatic heterocycles. The minimum Gasteiger partial charge on any atom is -0.380 e. The molecule has 20 heavy (non-hydrogen) atoms. The third-order valence-electron chi connectivity index (χ3n) is 4.15. The summed E-state index contributed by atoms with van der Waals surface area (Å²) in [5, 5.41) is 0. The number of fused-ring (bicyclic) bond motifs is 2. The number of nitrogens with zero attached hydrogens (tertiary/aromatic N) is 3. The fraction of sp³-hybridized carbons (Fsp3) is 0.800. The Balaban J connectivity index is 2.11. The number of aliphatic imine (C=N–C) groups is 1. The topological polar surface area (TPSA) is 37.3 Å². The van der Waals surface area contributed by atoms with E-state index in [1.165, 1.54) is 0 Å². The molecule has 5 heteroatoms. The van der Waals surface area contributed by atoms with E-state index >= 15 is 0 Å². The van der Waals surface area contributed by atoms with E-state index in [-0.39, 0.29) is 18.6 Å². The first kappa shape index (κ1) is 15.3. The molecule has 0 N–H and O–H groups in total. The van der Waals surface area contributed by atoms with Crippen LogP contribution in [-0.2, 0) is 9.47 Å². The van der Waals surface area contributed by atoms with Gasteiger partial charge in [0.05, 0.1) is 11.8 Å². The van der Waals surface area contributed by atoms with Crippen molar-refractivity contribution >= 4 is 6.21 Å². The van der Waals surface area contributed by atoms with Gasteiger partial charge >= 0.3 is 0 Å². The van der Waals surface area contributed by atoms with Gasteiger partial charge in [0, 0.05) is 45.6 Å². The first-order valence-corrected chi connectivity index (χ1v) is 7.47. The number of hydrogen-bond donors (Lipinski definition) is 0. The molecule has 5 nitrogen and oxygen atoms in total. The van der Waals surface area contributed by atoms with Crippen LogP contribution in [0.25, 0.3) is 0 Å². The Morgan fingerprint density at radius 1 is 1.50 bits per heavy atom. The van der Waals surface area contributed by atoms with E-state index in [4.69, 9.17) is 9.47 Å². The fourth-order valence-corrected chi connectivity index (χ4v) is 2.29. The zero-order valence-corrected chi connectivity index (χ0v) is 13.2. The van der Waals surface area contributed by atoms with Gasteiger partial charge in [0.1, 0.15) is 12.5 Å². The van der Waals surface area contributed by atoms with Crippen molar-refractivity contribution in [1.29, 1.82) is 0 Å². The molecule has 0 spiro atoms. The highest BCUT2D eigenvalue weighted by Crippen LogP contribution is 2.32. The van der Waals surface area contributed by atoms with Crippen LogP contribution < -0.4 is 0 Å². The highest BCUT2D eigenvalue weighted by molar-refractivity contribution is 5.78. The molecule has 0 aliphatic carbocycles. The maximum Gasteiger partial charge on any atom is 0.136 e. The van der Waals surface area contributed by atoms with Crippen molar-refractivity contribution in [2.24, 2.45) is 4.99 Å². The molecule has 0 radical (unpaired) electrons. The molecule has 0 aromatic rings. The molecule has 0 saturated carbocycles. The summed E-state index contributed by atoms with van der Waals surface area (Å²) in [6.45, 7) is 7.20. The highest BCUT2D eigenvalue weighted by Gasteiger charge is 2.40. The molecule has 3 rings (SSSR count). The molecule has 114 valence electrons. The molecule has 0 amide bonds. The van der Waals surface area contributed by atoms with E-state index in [0.717, 1.165) is 25.1 Å². The number of ether oxygens (including phenoxy) is 2. The van der Waals surface area contributed by atoms with Crippen molar-refractivity contribution in [1.82, 2.24) is 9.80 Å². The van der Waals surface area contributed by atoms with E-state index in [2.05, 4.69) is 48.8 Å². The van der Waals surface area contributed by atoms with Crippen molar-refractivity contribution in [3.63, 3.8) is 0 Å². The minimum atomic E-state index is 0.176. The average Bonchev–Trinajstić information content (AvgIpc) is 2.59. The zero-order chi connectivity index (χ0) is 14.7. The molecule has 0 aromatic carbocycles. The summed E-state index contributed by atoms with van der Waals surface area (Å²) in [5.41, 5.74) is 1.11. The van der Waals surface area contributed by atoms with Crippen molar-refractivity contribution in [3.05, 3.63) is 11.9 Å². The van der Waals surface area contributed by atoms with Gasteiger partial charge in [-0.1, -0.05) is 6.92 Å². The first-order chi connectivity index (χ1) is 9.55. The van der Waals surface area contributed by atoms with Crippen LogP contribution in [0.5, 0.6) is 0 Å². The third kappa shape index (κ3) is 3.33. The molecule has 4 atom stereocenters. The monoisotopic (exact) mass is 281 g/mol. The molecule has 3 aliphatic rings. The van der Waals surface area contributed by atoms with E-state index in [1.807, 2.05) is 6.21 Å². The molecule has 3 heterocycles. The second kappa shape index (κ2) is 6.59. The summed E-state index contributed by atoms with van der Waals surface area (Å²) in [7, 11) is 3.81. The lowest BCUT2D eigenvalue weighted by Crippen LogP contribution is -2.52. The lowest BCUT2D eigenvalue weighted by molar-refractivity contribution is -0.222. The Morgan fingerprint density at radius 2 is 2.20 bits per heavy atom. The SMILES string of the molecule is CCC(C)N=CC1=CN(CC(C)OC)C2CC(O2)N1C. The van der Waals surface area contributed by atoms with Crippen LogP contribution >= 0.6 is 0 Å². The van der Waals surface area contributed by atoms with Crippen LogP contribution in [0.2, 0.25) is 0 Å². The number of methoxy groups -OCH3 is 1. The molecule has 1 saturated heterocycles. The van der Waals surface area contributed by atoms with E-state index in [1.54, 1.807) is 7.11 Å². The Hall–Kier alpha value is -1.07. The van der Waals surface area contributed by atoms with Crippen molar-refractivity contribution in [3.8, 4) is 0 Å². The van der Waals surface area contributed by atoms with E-state index in [0.29, 0.717) is 6.04 Å². The molecule has 4 unspecified atom stereocenters. The second-order valence-corrected chi connectivity index (χ2v) is 5.72. The van der Waals surface area contributed by atoms with Crippen LogP contribution in [0.1, 0.15) is 33.6 Å². The average molecular weight is 281 g/mol. The second-order valence-electron chi connectivity index (χ2n) is 5.72. The van der Waals surface area contributed by atoms with Gasteiger partial charge in [-0.3, -0.25) is 4.99 Å². The number of hydrogen-bond acceptors (Lipinski definition) is 5. The Morgan fingerprint density at radius 3 is 2.80 bits per heavy atom. The van der Waals surface area contributed by atoms with Crippen LogP contribution in [-0.4, -0.2) is 61.3 Å². The summed E-state index contributed by atoms with van der Waals surface area (Å²) in [4.78, 5) is 8.99. The van der Waals surface area contributed by atoms with Gasteiger partial charge in [-0.2, -0.15) is 0 Å². The third-order valence-corrected chi connectivity index (χ3v) is 4.15. The maximum absolute atomic E-state index is 5.92. The van der Waals surface area contributed by atoms with Crippen LogP contribution in [0.3, 0.4) is 0 Å². The van der Waals surface area contributed by atoms with E-state index in [9.17, 15) is 0 Å². The molecular formula is C15H27N3O2. The Labute approximate surface area is 122 Å². The van der Waals surface area contributed by atoms with Crippen LogP contribution in [0.4, 0.5) is 0 Å². The van der Waals surface area contributed by atoms with Gasteiger partial charge in [-0.25, -0.2) is 0 Å². The predicted octanol–water partition coefficient (Wildman–Crippen LogP) is 2.05. The number of rotatable bonds is 6. The first-order valence-electron chi connectivity index (χ1n) is 7.47. The van der Waals surface area contributed by atoms with Gasteiger partial charge in [0.25, 0.3) is 0 Å². The summed E-state index contributed by atoms with van der Waals surface area (Å²) in [6.07, 6.45) is 6.75. The van der Waals surface area contributed by atoms with Gasteiger partial charge in [0.15, 0.2) is 0 Å². The van der Waals surface area contributed by atoms with Gasteiger partial charge in [0.2, 0.25) is 0 Å². The lowest BCUT2D eigenvalue weighted by atomic mass is 10.2. The van der Waals surface area contributed by atoms with Gasteiger partial charge in [-0.15, -0.1) is 0 Å².